The van der Waals surface area contributed by atoms with E-state index < -0.39 is 5.41 Å². The van der Waals surface area contributed by atoms with E-state index in [0.717, 1.165) is 12.0 Å². The zero-order valence-electron chi connectivity index (χ0n) is 12.4. The fraction of sp³-hybridized carbons (Fsp3) is 0.500. The molecule has 1 saturated carbocycles. The average Bonchev–Trinajstić information content (AvgIpc) is 3.21. The van der Waals surface area contributed by atoms with Crippen molar-refractivity contribution in [2.24, 2.45) is 5.41 Å². The van der Waals surface area contributed by atoms with Gasteiger partial charge in [0.1, 0.15) is 5.41 Å². The van der Waals surface area contributed by atoms with Crippen molar-refractivity contribution < 1.29 is 9.59 Å². The van der Waals surface area contributed by atoms with Crippen LogP contribution in [0.4, 0.5) is 0 Å². The lowest BCUT2D eigenvalue weighted by Crippen LogP contribution is -2.45. The standard InChI is InChI=1S/C16H21ClN2O2/c1-11(2)19-15(21)16(8-9-16)14(20)18-10-7-12-3-5-13(17)6-4-12/h3-6,11H,7-10H2,1-2H3,(H,18,20)(H,19,21). The van der Waals surface area contributed by atoms with E-state index in [0.29, 0.717) is 24.4 Å². The highest BCUT2D eigenvalue weighted by Gasteiger charge is 2.56. The predicted molar refractivity (Wildman–Crippen MR) is 83.1 cm³/mol. The second-order valence-electron chi connectivity index (χ2n) is 5.84. The number of carbonyl (C=O) groups is 2. The van der Waals surface area contributed by atoms with Crippen LogP contribution in [0.3, 0.4) is 0 Å². The monoisotopic (exact) mass is 308 g/mol. The molecule has 0 atom stereocenters. The van der Waals surface area contributed by atoms with Crippen LogP contribution < -0.4 is 10.6 Å². The lowest BCUT2D eigenvalue weighted by atomic mass is 10.0. The van der Waals surface area contributed by atoms with Crippen molar-refractivity contribution in [2.45, 2.75) is 39.2 Å². The summed E-state index contributed by atoms with van der Waals surface area (Å²) in [5, 5.41) is 6.40. The van der Waals surface area contributed by atoms with Crippen LogP contribution >= 0.6 is 11.6 Å². The maximum Gasteiger partial charge on any atom is 0.235 e. The SMILES string of the molecule is CC(C)NC(=O)C1(C(=O)NCCc2ccc(Cl)cc2)CC1. The summed E-state index contributed by atoms with van der Waals surface area (Å²) in [7, 11) is 0. The van der Waals surface area contributed by atoms with Gasteiger partial charge in [0, 0.05) is 17.6 Å². The Bertz CT molecular complexity index is 522. The molecule has 2 rings (SSSR count). The lowest BCUT2D eigenvalue weighted by Gasteiger charge is -2.17. The van der Waals surface area contributed by atoms with Gasteiger partial charge in [-0.15, -0.1) is 0 Å². The van der Waals surface area contributed by atoms with E-state index in [2.05, 4.69) is 10.6 Å². The fourth-order valence-electron chi connectivity index (χ4n) is 2.22. The van der Waals surface area contributed by atoms with Crippen molar-refractivity contribution in [3.8, 4) is 0 Å². The van der Waals surface area contributed by atoms with Gasteiger partial charge in [-0.3, -0.25) is 9.59 Å². The highest BCUT2D eigenvalue weighted by molar-refractivity contribution is 6.30. The van der Waals surface area contributed by atoms with E-state index in [-0.39, 0.29) is 17.9 Å². The first-order valence-electron chi connectivity index (χ1n) is 7.28. The Kier molecular flexibility index (Phi) is 4.88. The highest BCUT2D eigenvalue weighted by Crippen LogP contribution is 2.46. The van der Waals surface area contributed by atoms with Gasteiger partial charge < -0.3 is 10.6 Å². The van der Waals surface area contributed by atoms with Crippen LogP contribution in [0.15, 0.2) is 24.3 Å². The minimum Gasteiger partial charge on any atom is -0.355 e. The number of hydrogen-bond donors (Lipinski definition) is 2. The van der Waals surface area contributed by atoms with Crippen molar-refractivity contribution in [3.63, 3.8) is 0 Å². The molecule has 0 bridgehead atoms. The third-order valence-electron chi connectivity index (χ3n) is 3.65. The molecule has 0 aliphatic heterocycles. The summed E-state index contributed by atoms with van der Waals surface area (Å²) in [4.78, 5) is 24.3. The lowest BCUT2D eigenvalue weighted by molar-refractivity contribution is -0.137. The Morgan fingerprint density at radius 3 is 2.33 bits per heavy atom. The van der Waals surface area contributed by atoms with Crippen LogP contribution in [0.2, 0.25) is 5.02 Å². The Morgan fingerprint density at radius 2 is 1.81 bits per heavy atom. The van der Waals surface area contributed by atoms with Crippen LogP contribution in [0.1, 0.15) is 32.3 Å². The first-order valence-corrected chi connectivity index (χ1v) is 7.65. The number of rotatable bonds is 6. The van der Waals surface area contributed by atoms with Gasteiger partial charge in [-0.05, 0) is 50.8 Å². The van der Waals surface area contributed by atoms with Crippen LogP contribution in [-0.2, 0) is 16.0 Å². The molecule has 0 saturated heterocycles. The largest absolute Gasteiger partial charge is 0.355 e. The van der Waals surface area contributed by atoms with Crippen molar-refractivity contribution >= 4 is 23.4 Å². The normalized spacial score (nSPS) is 15.6. The van der Waals surface area contributed by atoms with E-state index in [1.54, 1.807) is 0 Å². The number of nitrogens with one attached hydrogen (secondary N) is 2. The van der Waals surface area contributed by atoms with E-state index in [9.17, 15) is 9.59 Å². The molecule has 0 radical (unpaired) electrons. The fourth-order valence-corrected chi connectivity index (χ4v) is 2.35. The molecular formula is C16H21ClN2O2. The molecular weight excluding hydrogens is 288 g/mol. The second kappa shape index (κ2) is 6.48. The zero-order valence-corrected chi connectivity index (χ0v) is 13.2. The summed E-state index contributed by atoms with van der Waals surface area (Å²) < 4.78 is 0. The van der Waals surface area contributed by atoms with Crippen LogP contribution in [0, 0.1) is 5.41 Å². The molecule has 0 aromatic heterocycles. The van der Waals surface area contributed by atoms with Crippen molar-refractivity contribution in [1.29, 1.82) is 0 Å². The first kappa shape index (κ1) is 15.8. The van der Waals surface area contributed by atoms with Gasteiger partial charge in [0.25, 0.3) is 0 Å². The molecule has 1 aromatic rings. The van der Waals surface area contributed by atoms with Crippen LogP contribution in [0.5, 0.6) is 0 Å². The smallest absolute Gasteiger partial charge is 0.235 e. The molecule has 0 heterocycles. The maximum absolute atomic E-state index is 12.2. The maximum atomic E-state index is 12.2. The third-order valence-corrected chi connectivity index (χ3v) is 3.90. The van der Waals surface area contributed by atoms with E-state index in [4.69, 9.17) is 11.6 Å². The summed E-state index contributed by atoms with van der Waals surface area (Å²) in [6.45, 7) is 4.32. The first-order chi connectivity index (χ1) is 9.94. The minimum absolute atomic E-state index is 0.0526. The summed E-state index contributed by atoms with van der Waals surface area (Å²) in [5.41, 5.74) is 0.278. The molecule has 0 spiro atoms. The molecule has 1 aliphatic carbocycles. The highest BCUT2D eigenvalue weighted by atomic mass is 35.5. The molecule has 2 N–H and O–H groups in total. The van der Waals surface area contributed by atoms with Crippen LogP contribution in [-0.4, -0.2) is 24.4 Å². The number of hydrogen-bond acceptors (Lipinski definition) is 2. The van der Waals surface area contributed by atoms with E-state index in [1.165, 1.54) is 0 Å². The summed E-state index contributed by atoms with van der Waals surface area (Å²) in [5.74, 6) is -0.309. The average molecular weight is 309 g/mol. The molecule has 4 nitrogen and oxygen atoms in total. The molecule has 1 aromatic carbocycles. The molecule has 1 fully saturated rings. The minimum atomic E-state index is -0.829. The molecule has 0 unspecified atom stereocenters. The quantitative estimate of drug-likeness (QED) is 0.792. The van der Waals surface area contributed by atoms with Gasteiger partial charge in [-0.1, -0.05) is 23.7 Å². The summed E-state index contributed by atoms with van der Waals surface area (Å²) in [6, 6.07) is 7.59. The van der Waals surface area contributed by atoms with E-state index in [1.807, 2.05) is 38.1 Å². The van der Waals surface area contributed by atoms with E-state index >= 15 is 0 Å². The van der Waals surface area contributed by atoms with Gasteiger partial charge in [0.15, 0.2) is 0 Å². The topological polar surface area (TPSA) is 58.2 Å². The van der Waals surface area contributed by atoms with Crippen molar-refractivity contribution in [3.05, 3.63) is 34.9 Å². The van der Waals surface area contributed by atoms with Crippen LogP contribution in [0.25, 0.3) is 0 Å². The Labute approximate surface area is 130 Å². The molecule has 114 valence electrons. The number of benzene rings is 1. The van der Waals surface area contributed by atoms with Crippen molar-refractivity contribution in [1.82, 2.24) is 10.6 Å². The third kappa shape index (κ3) is 3.97. The Balaban J connectivity index is 1.82. The van der Waals surface area contributed by atoms with Crippen molar-refractivity contribution in [2.75, 3.05) is 6.54 Å². The van der Waals surface area contributed by atoms with Gasteiger partial charge >= 0.3 is 0 Å². The predicted octanol–water partition coefficient (Wildman–Crippen LogP) is 2.30. The number of amides is 2. The number of halogens is 1. The summed E-state index contributed by atoms with van der Waals surface area (Å²) in [6.07, 6.45) is 2.00. The second-order valence-corrected chi connectivity index (χ2v) is 6.28. The van der Waals surface area contributed by atoms with Gasteiger partial charge in [0.05, 0.1) is 0 Å². The van der Waals surface area contributed by atoms with Gasteiger partial charge in [-0.2, -0.15) is 0 Å². The molecule has 5 heteroatoms. The summed E-state index contributed by atoms with van der Waals surface area (Å²) >= 11 is 5.83. The zero-order chi connectivity index (χ0) is 15.5. The Morgan fingerprint density at radius 1 is 1.19 bits per heavy atom. The molecule has 2 amide bonds. The Hall–Kier alpha value is -1.55. The molecule has 21 heavy (non-hydrogen) atoms. The van der Waals surface area contributed by atoms with Gasteiger partial charge in [0.2, 0.25) is 11.8 Å². The number of carbonyl (C=O) groups excluding carboxylic acids is 2. The van der Waals surface area contributed by atoms with Gasteiger partial charge in [-0.25, -0.2) is 0 Å². The molecule has 1 aliphatic rings.